The number of rotatable bonds is 5. The van der Waals surface area contributed by atoms with Crippen LogP contribution in [0.1, 0.15) is 27.8 Å². The van der Waals surface area contributed by atoms with E-state index in [0.29, 0.717) is 22.1 Å². The molecule has 7 heteroatoms. The molecule has 0 aliphatic carbocycles. The van der Waals surface area contributed by atoms with E-state index in [1.54, 1.807) is 60.7 Å². The van der Waals surface area contributed by atoms with Crippen LogP contribution in [-0.2, 0) is 0 Å². The molecule has 0 bridgehead atoms. The second-order valence-corrected chi connectivity index (χ2v) is 5.90. The van der Waals surface area contributed by atoms with Crippen molar-refractivity contribution in [3.63, 3.8) is 0 Å². The van der Waals surface area contributed by atoms with Gasteiger partial charge in [0.1, 0.15) is 0 Å². The van der Waals surface area contributed by atoms with Crippen molar-refractivity contribution in [2.45, 2.75) is 6.92 Å². The van der Waals surface area contributed by atoms with Crippen molar-refractivity contribution < 1.29 is 9.59 Å². The number of nitrogens with one attached hydrogen (secondary N) is 2. The molecule has 0 saturated heterocycles. The molecule has 0 spiro atoms. The molecule has 130 valence electrons. The third-order valence-electron chi connectivity index (χ3n) is 3.58. The Balaban J connectivity index is 1.67. The van der Waals surface area contributed by atoms with Gasteiger partial charge in [-0.2, -0.15) is 0 Å². The normalized spacial score (nSPS) is 10.2. The topological polar surface area (TPSA) is 84.0 Å². The first kappa shape index (κ1) is 17.6. The second kappa shape index (κ2) is 7.76. The minimum absolute atomic E-state index is 0.00484. The molecule has 1 aromatic heterocycles. The summed E-state index contributed by atoms with van der Waals surface area (Å²) in [5.74, 6) is 0.0862. The van der Waals surface area contributed by atoms with Gasteiger partial charge in [-0.25, -0.2) is 0 Å². The van der Waals surface area contributed by atoms with Gasteiger partial charge in [-0.1, -0.05) is 23.7 Å². The number of Topliss-reactive ketones (excluding diaryl/α,β-unsaturated/α-hetero) is 1. The molecule has 6 nitrogen and oxygen atoms in total. The smallest absolute Gasteiger partial charge is 0.276 e. The maximum atomic E-state index is 12.2. The van der Waals surface area contributed by atoms with Crippen LogP contribution in [0.2, 0.25) is 5.02 Å². The van der Waals surface area contributed by atoms with Crippen LogP contribution in [0.3, 0.4) is 0 Å². The van der Waals surface area contributed by atoms with Crippen LogP contribution in [0.5, 0.6) is 0 Å². The first-order valence-corrected chi connectivity index (χ1v) is 8.18. The van der Waals surface area contributed by atoms with Gasteiger partial charge in [0.2, 0.25) is 0 Å². The molecule has 3 rings (SSSR count). The van der Waals surface area contributed by atoms with Crippen LogP contribution < -0.4 is 10.6 Å². The van der Waals surface area contributed by atoms with Crippen molar-refractivity contribution in [3.8, 4) is 0 Å². The molecule has 26 heavy (non-hydrogen) atoms. The average Bonchev–Trinajstić information content (AvgIpc) is 2.64. The summed E-state index contributed by atoms with van der Waals surface area (Å²) in [6.45, 7) is 1.51. The lowest BCUT2D eigenvalue weighted by Gasteiger charge is -2.08. The van der Waals surface area contributed by atoms with Gasteiger partial charge >= 0.3 is 0 Å². The first-order chi connectivity index (χ1) is 12.5. The number of amides is 1. The highest BCUT2D eigenvalue weighted by Gasteiger charge is 2.10. The van der Waals surface area contributed by atoms with Gasteiger partial charge in [0, 0.05) is 11.3 Å². The lowest BCUT2D eigenvalue weighted by atomic mass is 10.1. The number of aromatic nitrogens is 2. The van der Waals surface area contributed by atoms with Crippen molar-refractivity contribution in [1.82, 2.24) is 10.2 Å². The van der Waals surface area contributed by atoms with Crippen LogP contribution in [-0.4, -0.2) is 21.9 Å². The van der Waals surface area contributed by atoms with Crippen molar-refractivity contribution in [1.29, 1.82) is 0 Å². The maximum Gasteiger partial charge on any atom is 0.276 e. The van der Waals surface area contributed by atoms with E-state index in [0.717, 1.165) is 5.69 Å². The molecule has 2 aromatic carbocycles. The number of anilines is 3. The minimum Gasteiger partial charge on any atom is -0.339 e. The summed E-state index contributed by atoms with van der Waals surface area (Å²) in [6.07, 6.45) is 0. The summed E-state index contributed by atoms with van der Waals surface area (Å²) in [5.41, 5.74) is 2.07. The quantitative estimate of drug-likeness (QED) is 0.656. The molecule has 0 saturated carbocycles. The number of hydrogen-bond acceptors (Lipinski definition) is 5. The van der Waals surface area contributed by atoms with E-state index >= 15 is 0 Å². The number of nitrogens with zero attached hydrogens (tertiary/aromatic N) is 2. The molecular weight excluding hydrogens is 352 g/mol. The Morgan fingerprint density at radius 1 is 0.923 bits per heavy atom. The highest BCUT2D eigenvalue weighted by molar-refractivity contribution is 6.33. The van der Waals surface area contributed by atoms with Gasteiger partial charge < -0.3 is 10.6 Å². The predicted octanol–water partition coefficient (Wildman–Crippen LogP) is 4.33. The Kier molecular flexibility index (Phi) is 5.24. The molecule has 0 fully saturated rings. The van der Waals surface area contributed by atoms with E-state index in [4.69, 9.17) is 11.6 Å². The third-order valence-corrected chi connectivity index (χ3v) is 3.91. The van der Waals surface area contributed by atoms with Crippen molar-refractivity contribution in [2.75, 3.05) is 10.6 Å². The lowest BCUT2D eigenvalue weighted by molar-refractivity contribution is 0.101. The summed E-state index contributed by atoms with van der Waals surface area (Å²) in [7, 11) is 0. The Labute approximate surface area is 155 Å². The van der Waals surface area contributed by atoms with Crippen LogP contribution in [0.25, 0.3) is 0 Å². The fourth-order valence-corrected chi connectivity index (χ4v) is 2.39. The Morgan fingerprint density at radius 3 is 2.27 bits per heavy atom. The minimum atomic E-state index is -0.400. The SMILES string of the molecule is CC(=O)c1ccc(Nc2ccc(C(=O)Nc3ccccc3Cl)nn2)cc1. The second-order valence-electron chi connectivity index (χ2n) is 5.50. The zero-order chi connectivity index (χ0) is 18.5. The van der Waals surface area contributed by atoms with Crippen molar-refractivity contribution in [3.05, 3.63) is 76.9 Å². The van der Waals surface area contributed by atoms with E-state index in [1.165, 1.54) is 6.92 Å². The summed E-state index contributed by atoms with van der Waals surface area (Å²) in [6, 6.07) is 17.2. The highest BCUT2D eigenvalue weighted by atomic mass is 35.5. The largest absolute Gasteiger partial charge is 0.339 e. The number of halogens is 1. The molecule has 0 radical (unpaired) electrons. The lowest BCUT2D eigenvalue weighted by Crippen LogP contribution is -2.14. The first-order valence-electron chi connectivity index (χ1n) is 7.80. The maximum absolute atomic E-state index is 12.2. The standard InChI is InChI=1S/C19H15ClN4O2/c1-12(25)13-6-8-14(9-7-13)21-18-11-10-17(23-24-18)19(26)22-16-5-3-2-4-15(16)20/h2-11H,1H3,(H,21,24)(H,22,26). The van der Waals surface area contributed by atoms with Gasteiger partial charge in [0.25, 0.3) is 5.91 Å². The van der Waals surface area contributed by atoms with Crippen LogP contribution in [0.4, 0.5) is 17.2 Å². The van der Waals surface area contributed by atoms with Crippen LogP contribution in [0.15, 0.2) is 60.7 Å². The number of carbonyl (C=O) groups excluding carboxylic acids is 2. The van der Waals surface area contributed by atoms with Gasteiger partial charge in [-0.3, -0.25) is 9.59 Å². The molecule has 0 aliphatic heterocycles. The van der Waals surface area contributed by atoms with E-state index < -0.39 is 5.91 Å². The molecule has 1 heterocycles. The van der Waals surface area contributed by atoms with Gasteiger partial charge in [-0.05, 0) is 55.5 Å². The zero-order valence-electron chi connectivity index (χ0n) is 13.9. The number of ketones is 1. The van der Waals surface area contributed by atoms with Gasteiger partial charge in [0.15, 0.2) is 17.3 Å². The molecule has 0 aliphatic rings. The molecule has 0 unspecified atom stereocenters. The Hall–Kier alpha value is -3.25. The average molecular weight is 367 g/mol. The summed E-state index contributed by atoms with van der Waals surface area (Å²) < 4.78 is 0. The molecule has 0 atom stereocenters. The highest BCUT2D eigenvalue weighted by Crippen LogP contribution is 2.21. The van der Waals surface area contributed by atoms with Crippen LogP contribution in [0, 0.1) is 0 Å². The van der Waals surface area contributed by atoms with Crippen molar-refractivity contribution >= 4 is 40.5 Å². The zero-order valence-corrected chi connectivity index (χ0v) is 14.6. The van der Waals surface area contributed by atoms with Crippen molar-refractivity contribution in [2.24, 2.45) is 0 Å². The van der Waals surface area contributed by atoms with Gasteiger partial charge in [0.05, 0.1) is 10.7 Å². The number of benzene rings is 2. The molecule has 2 N–H and O–H groups in total. The van der Waals surface area contributed by atoms with E-state index in [2.05, 4.69) is 20.8 Å². The summed E-state index contributed by atoms with van der Waals surface area (Å²) in [4.78, 5) is 23.5. The Bertz CT molecular complexity index is 941. The van der Waals surface area contributed by atoms with E-state index in [-0.39, 0.29) is 11.5 Å². The van der Waals surface area contributed by atoms with E-state index in [1.807, 2.05) is 0 Å². The third kappa shape index (κ3) is 4.23. The van der Waals surface area contributed by atoms with E-state index in [9.17, 15) is 9.59 Å². The fraction of sp³-hybridized carbons (Fsp3) is 0.0526. The fourth-order valence-electron chi connectivity index (χ4n) is 2.21. The van der Waals surface area contributed by atoms with Gasteiger partial charge in [-0.15, -0.1) is 10.2 Å². The number of carbonyl (C=O) groups is 2. The monoisotopic (exact) mass is 366 g/mol. The molecular formula is C19H15ClN4O2. The molecule has 3 aromatic rings. The summed E-state index contributed by atoms with van der Waals surface area (Å²) >= 11 is 6.02. The predicted molar refractivity (Wildman–Crippen MR) is 101 cm³/mol. The Morgan fingerprint density at radius 2 is 1.65 bits per heavy atom. The molecule has 1 amide bonds. The number of para-hydroxylation sites is 1. The number of hydrogen-bond donors (Lipinski definition) is 2. The summed E-state index contributed by atoms with van der Waals surface area (Å²) in [5, 5.41) is 14.1. The van der Waals surface area contributed by atoms with Crippen LogP contribution >= 0.6 is 11.6 Å².